The van der Waals surface area contributed by atoms with Crippen LogP contribution in [0.3, 0.4) is 0 Å². The SMILES string of the molecule is COC(=O)C1=C(C2CCC(NS(N)(=O)=O)CC2)NC(c2nccs2)=NC1c1ccc(F)c(F)c1Cl. The Morgan fingerprint density at radius 1 is 1.29 bits per heavy atom. The fraction of sp³-hybridized carbons (Fsp3) is 0.381. The molecule has 0 bridgehead atoms. The number of halogens is 3. The number of carbonyl (C=O) groups excluding carboxylic acids is 1. The smallest absolute Gasteiger partial charge is 0.338 e. The Bertz CT molecular complexity index is 1290. The van der Waals surface area contributed by atoms with E-state index in [9.17, 15) is 22.0 Å². The van der Waals surface area contributed by atoms with Crippen LogP contribution in [0, 0.1) is 17.6 Å². The Morgan fingerprint density at radius 3 is 2.60 bits per heavy atom. The summed E-state index contributed by atoms with van der Waals surface area (Å²) in [4.78, 5) is 21.9. The van der Waals surface area contributed by atoms with E-state index in [-0.39, 0.29) is 23.1 Å². The Hall–Kier alpha value is -2.45. The molecule has 1 fully saturated rings. The second-order valence-electron chi connectivity index (χ2n) is 8.14. The maximum absolute atomic E-state index is 14.4. The quantitative estimate of drug-likeness (QED) is 0.377. The standard InChI is InChI=1S/C21H22ClF2N5O4S2/c1-33-21(30)14-17(10-2-4-11(5-3-10)29-35(25,31)32)27-19(20-26-8-9-34-20)28-18(14)12-6-7-13(23)16(24)15(12)22/h6-11,18,29H,2-5H2,1H3,(H,27,28)(H2,25,31,32). The fourth-order valence-electron chi connectivity index (χ4n) is 4.38. The van der Waals surface area contributed by atoms with Crippen LogP contribution in [0.1, 0.15) is 42.3 Å². The lowest BCUT2D eigenvalue weighted by Gasteiger charge is -2.35. The fourth-order valence-corrected chi connectivity index (χ4v) is 5.92. The average Bonchev–Trinajstić information content (AvgIpc) is 3.36. The van der Waals surface area contributed by atoms with Gasteiger partial charge in [0.1, 0.15) is 6.04 Å². The molecule has 0 saturated heterocycles. The Labute approximate surface area is 209 Å². The molecular weight excluding hydrogens is 524 g/mol. The van der Waals surface area contributed by atoms with E-state index >= 15 is 0 Å². The van der Waals surface area contributed by atoms with Crippen molar-refractivity contribution in [2.24, 2.45) is 16.0 Å². The molecular formula is C21H22ClF2N5O4S2. The van der Waals surface area contributed by atoms with Gasteiger partial charge in [-0.3, -0.25) is 4.99 Å². The second kappa shape index (κ2) is 10.3. The maximum atomic E-state index is 14.4. The number of nitrogens with zero attached hydrogens (tertiary/aromatic N) is 2. The number of nitrogens with one attached hydrogen (secondary N) is 2. The molecule has 1 aliphatic carbocycles. The minimum atomic E-state index is -3.85. The van der Waals surface area contributed by atoms with Gasteiger partial charge in [-0.25, -0.2) is 23.7 Å². The van der Waals surface area contributed by atoms with E-state index in [1.165, 1.54) is 24.5 Å². The Kier molecular flexibility index (Phi) is 7.52. The van der Waals surface area contributed by atoms with E-state index in [0.717, 1.165) is 6.07 Å². The van der Waals surface area contributed by atoms with E-state index in [1.54, 1.807) is 11.6 Å². The van der Waals surface area contributed by atoms with Crippen molar-refractivity contribution >= 4 is 45.0 Å². The molecule has 1 unspecified atom stereocenters. The molecule has 9 nitrogen and oxygen atoms in total. The molecule has 2 aromatic rings. The highest BCUT2D eigenvalue weighted by Crippen LogP contribution is 2.41. The highest BCUT2D eigenvalue weighted by atomic mass is 35.5. The maximum Gasteiger partial charge on any atom is 0.338 e. The summed E-state index contributed by atoms with van der Waals surface area (Å²) in [5.74, 6) is -2.93. The summed E-state index contributed by atoms with van der Waals surface area (Å²) in [7, 11) is -2.64. The van der Waals surface area contributed by atoms with Gasteiger partial charge in [-0.05, 0) is 37.7 Å². The number of methoxy groups -OCH3 is 1. The van der Waals surface area contributed by atoms with Crippen molar-refractivity contribution in [2.45, 2.75) is 37.8 Å². The van der Waals surface area contributed by atoms with Gasteiger partial charge in [-0.2, -0.15) is 13.1 Å². The van der Waals surface area contributed by atoms with Crippen molar-refractivity contribution in [2.75, 3.05) is 7.11 Å². The average molecular weight is 546 g/mol. The highest BCUT2D eigenvalue weighted by Gasteiger charge is 2.38. The Balaban J connectivity index is 1.79. The highest BCUT2D eigenvalue weighted by molar-refractivity contribution is 7.87. The Morgan fingerprint density at radius 2 is 2.00 bits per heavy atom. The molecule has 4 N–H and O–H groups in total. The minimum Gasteiger partial charge on any atom is -0.466 e. The lowest BCUT2D eigenvalue weighted by atomic mass is 9.80. The molecule has 0 amide bonds. The number of carbonyl (C=O) groups is 1. The van der Waals surface area contributed by atoms with Gasteiger partial charge in [0.2, 0.25) is 0 Å². The summed E-state index contributed by atoms with van der Waals surface area (Å²) in [6, 6.07) is 0.791. The van der Waals surface area contributed by atoms with Crippen LogP contribution >= 0.6 is 22.9 Å². The van der Waals surface area contributed by atoms with Gasteiger partial charge in [-0.15, -0.1) is 11.3 Å². The van der Waals surface area contributed by atoms with Gasteiger partial charge in [0.05, 0.1) is 17.7 Å². The first kappa shape index (κ1) is 25.6. The topological polar surface area (TPSA) is 136 Å². The van der Waals surface area contributed by atoms with Crippen molar-refractivity contribution in [3.8, 4) is 0 Å². The van der Waals surface area contributed by atoms with Gasteiger partial charge < -0.3 is 10.1 Å². The summed E-state index contributed by atoms with van der Waals surface area (Å²) in [6.07, 6.45) is 3.56. The van der Waals surface area contributed by atoms with E-state index in [0.29, 0.717) is 42.2 Å². The molecule has 1 saturated carbocycles. The number of allylic oxidation sites excluding steroid dienone is 1. The van der Waals surface area contributed by atoms with Crippen LogP contribution in [0.15, 0.2) is 40.0 Å². The lowest BCUT2D eigenvalue weighted by Crippen LogP contribution is -2.43. The van der Waals surface area contributed by atoms with Crippen LogP contribution in [0.2, 0.25) is 5.02 Å². The normalized spacial score (nSPS) is 23.0. The summed E-state index contributed by atoms with van der Waals surface area (Å²) in [6.45, 7) is 0. The predicted molar refractivity (Wildman–Crippen MR) is 127 cm³/mol. The molecule has 2 aliphatic rings. The number of thiazole rings is 1. The minimum absolute atomic E-state index is 0.101. The zero-order valence-electron chi connectivity index (χ0n) is 18.4. The number of nitrogens with two attached hydrogens (primary N) is 1. The van der Waals surface area contributed by atoms with Crippen LogP contribution in [0.4, 0.5) is 8.78 Å². The van der Waals surface area contributed by atoms with Crippen molar-refractivity contribution in [3.63, 3.8) is 0 Å². The van der Waals surface area contributed by atoms with Gasteiger partial charge >= 0.3 is 5.97 Å². The predicted octanol–water partition coefficient (Wildman–Crippen LogP) is 2.94. The largest absolute Gasteiger partial charge is 0.466 e. The van der Waals surface area contributed by atoms with E-state index in [1.807, 2.05) is 0 Å². The number of hydrogen-bond acceptors (Lipinski definition) is 8. The van der Waals surface area contributed by atoms with Crippen LogP contribution < -0.4 is 15.2 Å². The van der Waals surface area contributed by atoms with Crippen molar-refractivity contribution in [1.29, 1.82) is 0 Å². The van der Waals surface area contributed by atoms with Crippen LogP contribution in [0.25, 0.3) is 0 Å². The van der Waals surface area contributed by atoms with Gasteiger partial charge in [-0.1, -0.05) is 17.7 Å². The van der Waals surface area contributed by atoms with E-state index < -0.39 is 38.9 Å². The molecule has 1 aliphatic heterocycles. The van der Waals surface area contributed by atoms with Crippen LogP contribution in [-0.4, -0.2) is 38.4 Å². The molecule has 1 atom stereocenters. The van der Waals surface area contributed by atoms with Crippen molar-refractivity contribution < 1.29 is 26.7 Å². The second-order valence-corrected chi connectivity index (χ2v) is 10.7. The molecule has 0 radical (unpaired) electrons. The summed E-state index contributed by atoms with van der Waals surface area (Å²) >= 11 is 7.47. The van der Waals surface area contributed by atoms with E-state index in [2.05, 4.69) is 20.0 Å². The molecule has 2 heterocycles. The number of esters is 1. The number of aromatic nitrogens is 1. The summed E-state index contributed by atoms with van der Waals surface area (Å²) < 4.78 is 58.4. The summed E-state index contributed by atoms with van der Waals surface area (Å²) in [5, 5.41) is 10.1. The number of aliphatic imine (C=N–C) groups is 1. The third-order valence-electron chi connectivity index (χ3n) is 5.94. The number of benzene rings is 1. The third-order valence-corrected chi connectivity index (χ3v) is 7.77. The molecule has 0 spiro atoms. The van der Waals surface area contributed by atoms with Crippen LogP contribution in [-0.2, 0) is 19.7 Å². The van der Waals surface area contributed by atoms with Gasteiger partial charge in [0.25, 0.3) is 10.2 Å². The zero-order chi connectivity index (χ0) is 25.3. The number of hydrogen-bond donors (Lipinski definition) is 3. The molecule has 4 rings (SSSR count). The number of amidine groups is 1. The molecule has 1 aromatic heterocycles. The number of ether oxygens (including phenoxy) is 1. The van der Waals surface area contributed by atoms with Crippen molar-refractivity contribution in [3.05, 3.63) is 62.2 Å². The van der Waals surface area contributed by atoms with E-state index in [4.69, 9.17) is 21.5 Å². The molecule has 14 heteroatoms. The van der Waals surface area contributed by atoms with Gasteiger partial charge in [0.15, 0.2) is 22.5 Å². The monoisotopic (exact) mass is 545 g/mol. The first-order valence-corrected chi connectivity index (χ1v) is 13.4. The van der Waals surface area contributed by atoms with Crippen LogP contribution in [0.5, 0.6) is 0 Å². The molecule has 188 valence electrons. The third kappa shape index (κ3) is 5.54. The first-order valence-electron chi connectivity index (χ1n) is 10.6. The van der Waals surface area contributed by atoms with Crippen molar-refractivity contribution in [1.82, 2.24) is 15.0 Å². The van der Waals surface area contributed by atoms with Gasteiger partial charge in [0, 0.05) is 28.9 Å². The number of rotatable bonds is 6. The lowest BCUT2D eigenvalue weighted by molar-refractivity contribution is -0.136. The molecule has 1 aromatic carbocycles. The first-order chi connectivity index (χ1) is 16.6. The molecule has 35 heavy (non-hydrogen) atoms. The summed E-state index contributed by atoms with van der Waals surface area (Å²) in [5.41, 5.74) is 0.712. The zero-order valence-corrected chi connectivity index (χ0v) is 20.8.